The number of carboxylic acid groups (broad SMARTS) is 1. The third-order valence-corrected chi connectivity index (χ3v) is 3.22. The van der Waals surface area contributed by atoms with Crippen LogP contribution >= 0.6 is 11.8 Å². The van der Waals surface area contributed by atoms with Crippen molar-refractivity contribution in [1.82, 2.24) is 14.8 Å². The fourth-order valence-electron chi connectivity index (χ4n) is 1.38. The lowest BCUT2D eigenvalue weighted by atomic mass is 10.4. The molecule has 0 saturated carbocycles. The van der Waals surface area contributed by atoms with Gasteiger partial charge in [-0.15, -0.1) is 5.10 Å². The highest BCUT2D eigenvalue weighted by atomic mass is 32.2. The van der Waals surface area contributed by atoms with Crippen molar-refractivity contribution in [2.75, 3.05) is 12.4 Å². The standard InChI is InChI=1S/C10H17N3O4S/c1-3-5-13-9(16)11-12-10(13)18-6-7(8(14)15)17-4-2/h7H,3-6H2,1-2H3,(H,11,16)(H,14,15). The number of H-pyrrole nitrogens is 1. The number of aromatic nitrogens is 3. The Bertz CT molecular complexity index is 443. The molecule has 0 amide bonds. The SMILES string of the molecule is CCCn1c(SCC(OCC)C(=O)O)n[nH]c1=O. The maximum atomic E-state index is 11.4. The van der Waals surface area contributed by atoms with E-state index >= 15 is 0 Å². The maximum Gasteiger partial charge on any atom is 0.343 e. The van der Waals surface area contributed by atoms with E-state index in [9.17, 15) is 9.59 Å². The van der Waals surface area contributed by atoms with E-state index in [4.69, 9.17) is 9.84 Å². The monoisotopic (exact) mass is 275 g/mol. The molecule has 1 aromatic rings. The van der Waals surface area contributed by atoms with Crippen LogP contribution in [0.2, 0.25) is 0 Å². The average molecular weight is 275 g/mol. The first-order chi connectivity index (χ1) is 8.60. The number of carboxylic acids is 1. The molecule has 0 saturated heterocycles. The summed E-state index contributed by atoms with van der Waals surface area (Å²) in [5, 5.41) is 15.6. The molecule has 1 heterocycles. The number of nitrogens with one attached hydrogen (secondary N) is 1. The highest BCUT2D eigenvalue weighted by molar-refractivity contribution is 7.99. The Morgan fingerprint density at radius 2 is 2.33 bits per heavy atom. The molecule has 1 aromatic heterocycles. The molecule has 0 aliphatic carbocycles. The molecule has 0 bridgehead atoms. The van der Waals surface area contributed by atoms with Gasteiger partial charge in [0.2, 0.25) is 0 Å². The van der Waals surface area contributed by atoms with Gasteiger partial charge < -0.3 is 9.84 Å². The fraction of sp³-hybridized carbons (Fsp3) is 0.700. The Kier molecular flexibility index (Phi) is 5.93. The number of aliphatic carboxylic acids is 1. The van der Waals surface area contributed by atoms with Gasteiger partial charge in [0, 0.05) is 18.9 Å². The zero-order valence-electron chi connectivity index (χ0n) is 10.4. The molecule has 0 radical (unpaired) electrons. The highest BCUT2D eigenvalue weighted by Crippen LogP contribution is 2.16. The van der Waals surface area contributed by atoms with Gasteiger partial charge in [0.25, 0.3) is 0 Å². The van der Waals surface area contributed by atoms with Crippen LogP contribution in [0, 0.1) is 0 Å². The average Bonchev–Trinajstić information content (AvgIpc) is 2.67. The summed E-state index contributed by atoms with van der Waals surface area (Å²) < 4.78 is 6.58. The first kappa shape index (κ1) is 14.8. The topological polar surface area (TPSA) is 97.2 Å². The van der Waals surface area contributed by atoms with Crippen molar-refractivity contribution < 1.29 is 14.6 Å². The Hall–Kier alpha value is -1.28. The lowest BCUT2D eigenvalue weighted by molar-refractivity contribution is -0.148. The zero-order valence-corrected chi connectivity index (χ0v) is 11.2. The van der Waals surface area contributed by atoms with Gasteiger partial charge in [-0.25, -0.2) is 14.7 Å². The Morgan fingerprint density at radius 3 is 2.89 bits per heavy atom. The summed E-state index contributed by atoms with van der Waals surface area (Å²) >= 11 is 1.20. The normalized spacial score (nSPS) is 12.6. The summed E-state index contributed by atoms with van der Waals surface area (Å²) in [6.45, 7) is 4.58. The minimum atomic E-state index is -1.01. The van der Waals surface area contributed by atoms with Crippen molar-refractivity contribution >= 4 is 17.7 Å². The van der Waals surface area contributed by atoms with Crippen molar-refractivity contribution in [3.05, 3.63) is 10.5 Å². The van der Waals surface area contributed by atoms with Gasteiger partial charge in [-0.1, -0.05) is 18.7 Å². The molecular weight excluding hydrogens is 258 g/mol. The number of hydrogen-bond acceptors (Lipinski definition) is 5. The molecule has 0 aliphatic heterocycles. The van der Waals surface area contributed by atoms with Crippen LogP contribution < -0.4 is 5.69 Å². The summed E-state index contributed by atoms with van der Waals surface area (Å²) in [7, 11) is 0. The van der Waals surface area contributed by atoms with Gasteiger partial charge in [-0.05, 0) is 13.3 Å². The van der Waals surface area contributed by atoms with E-state index in [0.29, 0.717) is 18.3 Å². The van der Waals surface area contributed by atoms with Crippen molar-refractivity contribution in [1.29, 1.82) is 0 Å². The van der Waals surface area contributed by atoms with E-state index in [-0.39, 0.29) is 11.4 Å². The molecule has 1 unspecified atom stereocenters. The van der Waals surface area contributed by atoms with E-state index in [1.165, 1.54) is 16.3 Å². The van der Waals surface area contributed by atoms with Gasteiger partial charge in [0.15, 0.2) is 11.3 Å². The minimum absolute atomic E-state index is 0.219. The molecule has 102 valence electrons. The second-order valence-corrected chi connectivity index (χ2v) is 4.54. The lowest BCUT2D eigenvalue weighted by Gasteiger charge is -2.11. The van der Waals surface area contributed by atoms with Crippen LogP contribution in [0.25, 0.3) is 0 Å². The Morgan fingerprint density at radius 1 is 1.61 bits per heavy atom. The van der Waals surface area contributed by atoms with Gasteiger partial charge in [0.05, 0.1) is 0 Å². The van der Waals surface area contributed by atoms with Gasteiger partial charge in [-0.2, -0.15) is 0 Å². The summed E-state index contributed by atoms with van der Waals surface area (Å²) in [5.74, 6) is -0.791. The van der Waals surface area contributed by atoms with Crippen LogP contribution in [-0.4, -0.2) is 44.3 Å². The Balaban J connectivity index is 2.67. The van der Waals surface area contributed by atoms with E-state index in [2.05, 4.69) is 10.2 Å². The third-order valence-electron chi connectivity index (χ3n) is 2.18. The van der Waals surface area contributed by atoms with Gasteiger partial charge in [0.1, 0.15) is 0 Å². The van der Waals surface area contributed by atoms with Crippen molar-refractivity contribution in [3.8, 4) is 0 Å². The summed E-state index contributed by atoms with van der Waals surface area (Å²) in [6.07, 6.45) is -0.0808. The first-order valence-electron chi connectivity index (χ1n) is 5.72. The first-order valence-corrected chi connectivity index (χ1v) is 6.71. The number of thioether (sulfide) groups is 1. The second-order valence-electron chi connectivity index (χ2n) is 3.56. The molecule has 0 aromatic carbocycles. The molecule has 1 rings (SSSR count). The molecule has 18 heavy (non-hydrogen) atoms. The molecule has 7 nitrogen and oxygen atoms in total. The lowest BCUT2D eigenvalue weighted by Crippen LogP contribution is -2.26. The van der Waals surface area contributed by atoms with E-state index in [1.54, 1.807) is 6.92 Å². The van der Waals surface area contributed by atoms with Crippen LogP contribution in [0.1, 0.15) is 20.3 Å². The smallest absolute Gasteiger partial charge is 0.343 e. The zero-order chi connectivity index (χ0) is 13.5. The second kappa shape index (κ2) is 7.22. The van der Waals surface area contributed by atoms with Gasteiger partial charge >= 0.3 is 11.7 Å². The van der Waals surface area contributed by atoms with E-state index in [0.717, 1.165) is 6.42 Å². The van der Waals surface area contributed by atoms with Crippen LogP contribution in [-0.2, 0) is 16.1 Å². The number of ether oxygens (including phenoxy) is 1. The maximum absolute atomic E-state index is 11.4. The molecule has 8 heteroatoms. The predicted molar refractivity (Wildman–Crippen MR) is 66.9 cm³/mol. The fourth-order valence-corrected chi connectivity index (χ4v) is 2.36. The molecule has 0 fully saturated rings. The molecule has 1 atom stereocenters. The largest absolute Gasteiger partial charge is 0.479 e. The predicted octanol–water partition coefficient (Wildman–Crippen LogP) is 0.563. The summed E-state index contributed by atoms with van der Waals surface area (Å²) in [6, 6.07) is 0. The summed E-state index contributed by atoms with van der Waals surface area (Å²) in [4.78, 5) is 22.3. The number of aromatic amines is 1. The molecule has 2 N–H and O–H groups in total. The third kappa shape index (κ3) is 3.88. The molecule has 0 aliphatic rings. The van der Waals surface area contributed by atoms with Crippen molar-refractivity contribution in [2.45, 2.75) is 38.1 Å². The number of nitrogens with zero attached hydrogens (tertiary/aromatic N) is 2. The van der Waals surface area contributed by atoms with E-state index in [1.807, 2.05) is 6.92 Å². The van der Waals surface area contributed by atoms with Gasteiger partial charge in [-0.3, -0.25) is 4.57 Å². The summed E-state index contributed by atoms with van der Waals surface area (Å²) in [5.41, 5.74) is -0.275. The van der Waals surface area contributed by atoms with Crippen LogP contribution in [0.3, 0.4) is 0 Å². The van der Waals surface area contributed by atoms with Crippen molar-refractivity contribution in [2.24, 2.45) is 0 Å². The van der Waals surface area contributed by atoms with Crippen LogP contribution in [0.5, 0.6) is 0 Å². The highest BCUT2D eigenvalue weighted by Gasteiger charge is 2.19. The van der Waals surface area contributed by atoms with Crippen LogP contribution in [0.4, 0.5) is 0 Å². The van der Waals surface area contributed by atoms with E-state index < -0.39 is 12.1 Å². The quantitative estimate of drug-likeness (QED) is 0.673. The number of rotatable bonds is 8. The number of hydrogen-bond donors (Lipinski definition) is 2. The molecule has 0 spiro atoms. The van der Waals surface area contributed by atoms with Crippen molar-refractivity contribution in [3.63, 3.8) is 0 Å². The van der Waals surface area contributed by atoms with Crippen LogP contribution in [0.15, 0.2) is 9.95 Å². The molecular formula is C10H17N3O4S. The number of carbonyl (C=O) groups is 1. The minimum Gasteiger partial charge on any atom is -0.479 e. The Labute approximate surface area is 109 Å².